The molecule has 1 aliphatic rings. The smallest absolute Gasteiger partial charge is 0.0834 e. The van der Waals surface area contributed by atoms with Crippen molar-refractivity contribution in [1.29, 1.82) is 0 Å². The van der Waals surface area contributed by atoms with Crippen LogP contribution in [0.25, 0.3) is 0 Å². The van der Waals surface area contributed by atoms with Crippen LogP contribution in [0.3, 0.4) is 0 Å². The lowest BCUT2D eigenvalue weighted by Gasteiger charge is -2.29. The first-order valence-electron chi connectivity index (χ1n) is 12.2. The molecule has 0 nitrogen and oxygen atoms in total. The molecular weight excluding hydrogens is 427 g/mol. The molecule has 0 saturated carbocycles. The molecule has 4 rings (SSSR count). The van der Waals surface area contributed by atoms with Crippen LogP contribution in [0.4, 0.5) is 0 Å². The summed E-state index contributed by atoms with van der Waals surface area (Å²) in [6, 6.07) is 33.3. The number of hydrogen-bond acceptors (Lipinski definition) is 0. The van der Waals surface area contributed by atoms with Crippen LogP contribution in [0.5, 0.6) is 0 Å². The first-order valence-corrected chi connectivity index (χ1v) is 14.2. The molecular formula is C33H36P+. The highest BCUT2D eigenvalue weighted by Gasteiger charge is 2.44. The molecule has 0 unspecified atom stereocenters. The summed E-state index contributed by atoms with van der Waals surface area (Å²) in [5.41, 5.74) is 4.32. The molecule has 172 valence electrons. The summed E-state index contributed by atoms with van der Waals surface area (Å²) in [5.74, 6) is 0. The molecule has 1 heteroatoms. The molecule has 0 radical (unpaired) electrons. The van der Waals surface area contributed by atoms with E-state index in [1.807, 2.05) is 0 Å². The van der Waals surface area contributed by atoms with Crippen LogP contribution in [0.15, 0.2) is 138 Å². The van der Waals surface area contributed by atoms with Gasteiger partial charge in [0.25, 0.3) is 0 Å². The molecule has 0 aliphatic heterocycles. The highest BCUT2D eigenvalue weighted by atomic mass is 31.2. The van der Waals surface area contributed by atoms with Crippen LogP contribution in [-0.2, 0) is 0 Å². The van der Waals surface area contributed by atoms with Gasteiger partial charge in [-0.2, -0.15) is 0 Å². The lowest BCUT2D eigenvalue weighted by molar-refractivity contribution is 0.456. The minimum absolute atomic E-state index is 0.185. The first kappa shape index (κ1) is 24.2. The topological polar surface area (TPSA) is 0 Å². The lowest BCUT2D eigenvalue weighted by Crippen LogP contribution is -2.33. The van der Waals surface area contributed by atoms with Crippen molar-refractivity contribution in [2.75, 3.05) is 6.16 Å². The van der Waals surface area contributed by atoms with Crippen molar-refractivity contribution < 1.29 is 0 Å². The Balaban J connectivity index is 1.78. The molecule has 3 aromatic carbocycles. The summed E-state index contributed by atoms with van der Waals surface area (Å²) in [6.45, 7) is 9.16. The van der Waals surface area contributed by atoms with Gasteiger partial charge in [0, 0.05) is 0 Å². The van der Waals surface area contributed by atoms with Crippen molar-refractivity contribution in [2.45, 2.75) is 34.1 Å². The Bertz CT molecular complexity index is 1110. The van der Waals surface area contributed by atoms with Gasteiger partial charge in [-0.25, -0.2) is 0 Å². The summed E-state index contributed by atoms with van der Waals surface area (Å²) < 4.78 is 0. The molecule has 0 bridgehead atoms. The van der Waals surface area contributed by atoms with Gasteiger partial charge in [0.1, 0.15) is 23.2 Å². The van der Waals surface area contributed by atoms with Crippen molar-refractivity contribution in [1.82, 2.24) is 0 Å². The maximum Gasteiger partial charge on any atom is 0.115 e. The predicted molar refractivity (Wildman–Crippen MR) is 153 cm³/mol. The van der Waals surface area contributed by atoms with Crippen LogP contribution >= 0.6 is 7.26 Å². The van der Waals surface area contributed by atoms with Crippen LogP contribution in [0.2, 0.25) is 0 Å². The molecule has 0 heterocycles. The molecule has 3 aromatic rings. The van der Waals surface area contributed by atoms with E-state index in [0.717, 1.165) is 12.6 Å². The van der Waals surface area contributed by atoms with E-state index in [-0.39, 0.29) is 5.41 Å². The summed E-state index contributed by atoms with van der Waals surface area (Å²) in [4.78, 5) is 0. The van der Waals surface area contributed by atoms with Gasteiger partial charge < -0.3 is 0 Å². The third kappa shape index (κ3) is 5.08. The third-order valence-electron chi connectivity index (χ3n) is 6.94. The van der Waals surface area contributed by atoms with Crippen LogP contribution < -0.4 is 15.9 Å². The monoisotopic (exact) mass is 463 g/mol. The van der Waals surface area contributed by atoms with Gasteiger partial charge in [-0.15, -0.1) is 0 Å². The zero-order chi connectivity index (χ0) is 24.0. The fourth-order valence-electron chi connectivity index (χ4n) is 5.00. The Labute approximate surface area is 206 Å². The van der Waals surface area contributed by atoms with Crippen molar-refractivity contribution in [3.63, 3.8) is 0 Å². The average molecular weight is 464 g/mol. The van der Waals surface area contributed by atoms with Crippen molar-refractivity contribution in [3.8, 4) is 0 Å². The predicted octanol–water partition coefficient (Wildman–Crippen LogP) is 7.79. The van der Waals surface area contributed by atoms with Gasteiger partial charge in [-0.05, 0) is 79.3 Å². The van der Waals surface area contributed by atoms with Crippen LogP contribution in [0.1, 0.15) is 34.1 Å². The summed E-state index contributed by atoms with van der Waals surface area (Å²) in [5, 5.41) is 4.28. The van der Waals surface area contributed by atoms with Gasteiger partial charge in [0.05, 0.1) is 6.16 Å². The highest BCUT2D eigenvalue weighted by Crippen LogP contribution is 2.55. The van der Waals surface area contributed by atoms with E-state index in [1.54, 1.807) is 0 Å². The van der Waals surface area contributed by atoms with E-state index >= 15 is 0 Å². The molecule has 0 saturated heterocycles. The number of hydrogen-bond donors (Lipinski definition) is 0. The first-order chi connectivity index (χ1) is 16.4. The van der Waals surface area contributed by atoms with Crippen LogP contribution in [0, 0.1) is 5.41 Å². The van der Waals surface area contributed by atoms with Gasteiger partial charge in [0.15, 0.2) is 0 Å². The van der Waals surface area contributed by atoms with E-state index in [0.29, 0.717) is 0 Å². The Hall–Kier alpha value is -2.95. The number of benzene rings is 3. The second-order valence-corrected chi connectivity index (χ2v) is 13.4. The summed E-state index contributed by atoms with van der Waals surface area (Å²) in [6.07, 6.45) is 13.8. The number of allylic oxidation sites excluding steroid dienone is 8. The van der Waals surface area contributed by atoms with E-state index in [4.69, 9.17) is 0 Å². The molecule has 1 aliphatic carbocycles. The molecule has 0 fully saturated rings. The Morgan fingerprint density at radius 2 is 1.26 bits per heavy atom. The zero-order valence-electron chi connectivity index (χ0n) is 20.9. The lowest BCUT2D eigenvalue weighted by atomic mass is 9.75. The maximum absolute atomic E-state index is 2.46. The maximum atomic E-state index is 2.46. The molecule has 0 spiro atoms. The minimum atomic E-state index is -1.83. The molecule has 0 aromatic heterocycles. The van der Waals surface area contributed by atoms with E-state index in [2.05, 4.69) is 149 Å². The quantitative estimate of drug-likeness (QED) is 0.248. The fourth-order valence-corrected chi connectivity index (χ4v) is 9.13. The molecule has 0 N–H and O–H groups in total. The Kier molecular flexibility index (Phi) is 7.50. The molecule has 34 heavy (non-hydrogen) atoms. The van der Waals surface area contributed by atoms with Crippen molar-refractivity contribution >= 4 is 23.2 Å². The zero-order valence-corrected chi connectivity index (χ0v) is 21.8. The summed E-state index contributed by atoms with van der Waals surface area (Å²) >= 11 is 0. The van der Waals surface area contributed by atoms with E-state index < -0.39 is 7.26 Å². The van der Waals surface area contributed by atoms with Gasteiger partial charge in [-0.3, -0.25) is 0 Å². The van der Waals surface area contributed by atoms with E-state index in [9.17, 15) is 0 Å². The SMILES string of the molecule is CC1=C(/C=C/C(C)=C/C[P+](c2ccccc2)(c2ccccc2)c2ccccc2)C(C)(C)CC=C1. The Morgan fingerprint density at radius 1 is 0.794 bits per heavy atom. The standard InChI is InChI=1S/C33H36P/c1-27(22-23-32-28(2)15-14-25-33(32,3)4)24-26-34(29-16-8-5-9-17-29,30-18-10-6-11-19-30)31-20-12-7-13-21-31/h5-24H,25-26H2,1-4H3/q+1/b23-22+,27-24+. The largest absolute Gasteiger partial charge is 0.115 e. The van der Waals surface area contributed by atoms with Crippen molar-refractivity contribution in [2.24, 2.45) is 5.41 Å². The molecule has 0 amide bonds. The van der Waals surface area contributed by atoms with Gasteiger partial charge >= 0.3 is 0 Å². The van der Waals surface area contributed by atoms with Crippen molar-refractivity contribution in [3.05, 3.63) is 138 Å². The summed E-state index contributed by atoms with van der Waals surface area (Å²) in [7, 11) is -1.83. The normalized spacial score (nSPS) is 16.3. The minimum Gasteiger partial charge on any atom is -0.0834 e. The van der Waals surface area contributed by atoms with Gasteiger partial charge in [0.2, 0.25) is 0 Å². The Morgan fingerprint density at radius 3 is 1.71 bits per heavy atom. The van der Waals surface area contributed by atoms with Crippen LogP contribution in [-0.4, -0.2) is 6.16 Å². The van der Waals surface area contributed by atoms with E-state index in [1.165, 1.54) is 32.6 Å². The molecule has 0 atom stereocenters. The highest BCUT2D eigenvalue weighted by molar-refractivity contribution is 7.95. The fraction of sp³-hybridized carbons (Fsp3) is 0.212. The third-order valence-corrected chi connectivity index (χ3v) is 11.2. The second kappa shape index (κ2) is 10.5. The van der Waals surface area contributed by atoms with Gasteiger partial charge in [-0.1, -0.05) is 98.3 Å². The average Bonchev–Trinajstić information content (AvgIpc) is 2.86. The number of rotatable bonds is 7. The second-order valence-electron chi connectivity index (χ2n) is 9.87.